The Morgan fingerprint density at radius 1 is 0.946 bits per heavy atom. The molecular formula is C30H31N3O4. The van der Waals surface area contributed by atoms with Crippen molar-refractivity contribution >= 4 is 28.9 Å². The van der Waals surface area contributed by atoms with E-state index < -0.39 is 11.6 Å². The number of β-lactam (4-membered cyclic amide) rings is 1. The van der Waals surface area contributed by atoms with E-state index in [9.17, 15) is 9.59 Å². The van der Waals surface area contributed by atoms with Crippen molar-refractivity contribution in [1.82, 2.24) is 0 Å². The zero-order valence-corrected chi connectivity index (χ0v) is 21.8. The quantitative estimate of drug-likeness (QED) is 0.469. The highest BCUT2D eigenvalue weighted by atomic mass is 16.5. The first-order valence-corrected chi connectivity index (χ1v) is 12.2. The summed E-state index contributed by atoms with van der Waals surface area (Å²) in [5.41, 5.74) is 4.27. The maximum absolute atomic E-state index is 13.7. The van der Waals surface area contributed by atoms with E-state index in [0.29, 0.717) is 17.2 Å². The molecule has 2 aliphatic heterocycles. The van der Waals surface area contributed by atoms with Crippen LogP contribution in [-0.2, 0) is 24.6 Å². The SMILES string of the molecule is COCC(=O)N1C(N(C)c2ccccc2C)=CC2(c3ccc(C)cc3)C(OC)C(=O)N2c2ccccc21. The zero-order valence-electron chi connectivity index (χ0n) is 21.8. The molecule has 2 heterocycles. The van der Waals surface area contributed by atoms with Gasteiger partial charge in [0.2, 0.25) is 0 Å². The largest absolute Gasteiger partial charge is 0.375 e. The highest BCUT2D eigenvalue weighted by Gasteiger charge is 2.63. The minimum atomic E-state index is -0.968. The molecule has 2 amide bonds. The Hall–Kier alpha value is -3.94. The predicted molar refractivity (Wildman–Crippen MR) is 145 cm³/mol. The fourth-order valence-electron chi connectivity index (χ4n) is 5.45. The average Bonchev–Trinajstić information content (AvgIpc) is 3.00. The molecule has 2 aliphatic rings. The van der Waals surface area contributed by atoms with E-state index in [4.69, 9.17) is 9.47 Å². The van der Waals surface area contributed by atoms with Crippen LogP contribution in [0, 0.1) is 13.8 Å². The van der Waals surface area contributed by atoms with Crippen LogP contribution in [-0.4, -0.2) is 45.8 Å². The van der Waals surface area contributed by atoms with Crippen molar-refractivity contribution in [3.8, 4) is 0 Å². The summed E-state index contributed by atoms with van der Waals surface area (Å²) in [5, 5.41) is 0. The number of benzene rings is 3. The number of carbonyl (C=O) groups is 2. The van der Waals surface area contributed by atoms with Gasteiger partial charge in [0.15, 0.2) is 6.10 Å². The standard InChI is InChI=1S/C30H31N3O4/c1-20-14-16-22(17-15-20)30-18-26(31(3)23-11-7-6-10-21(23)2)32(27(34)19-36-4)24-12-8-9-13-25(24)33(30)29(35)28(30)37-5/h6-18,28H,19H2,1-5H3. The van der Waals surface area contributed by atoms with Gasteiger partial charge in [-0.25, -0.2) is 0 Å². The molecule has 7 heteroatoms. The van der Waals surface area contributed by atoms with Crippen LogP contribution in [0.1, 0.15) is 16.7 Å². The number of amides is 2. The molecule has 0 N–H and O–H groups in total. The lowest BCUT2D eigenvalue weighted by atomic mass is 9.74. The minimum absolute atomic E-state index is 0.119. The van der Waals surface area contributed by atoms with Crippen LogP contribution in [0.25, 0.3) is 0 Å². The average molecular weight is 498 g/mol. The van der Waals surface area contributed by atoms with E-state index in [1.54, 1.807) is 16.9 Å². The molecular weight excluding hydrogens is 466 g/mol. The molecule has 0 aromatic heterocycles. The van der Waals surface area contributed by atoms with Gasteiger partial charge in [0.25, 0.3) is 11.8 Å². The van der Waals surface area contributed by atoms with Crippen molar-refractivity contribution in [3.63, 3.8) is 0 Å². The van der Waals surface area contributed by atoms with E-state index in [-0.39, 0.29) is 18.4 Å². The second-order valence-electron chi connectivity index (χ2n) is 9.48. The molecule has 0 radical (unpaired) electrons. The third kappa shape index (κ3) is 3.74. The molecule has 37 heavy (non-hydrogen) atoms. The number of hydrogen-bond donors (Lipinski definition) is 0. The predicted octanol–water partition coefficient (Wildman–Crippen LogP) is 4.53. The summed E-state index contributed by atoms with van der Waals surface area (Å²) in [4.78, 5) is 32.7. The first kappa shape index (κ1) is 24.7. The molecule has 5 rings (SSSR count). The molecule has 3 aromatic carbocycles. The molecule has 1 saturated heterocycles. The van der Waals surface area contributed by atoms with Crippen molar-refractivity contribution in [1.29, 1.82) is 0 Å². The van der Waals surface area contributed by atoms with Gasteiger partial charge in [-0.05, 0) is 49.2 Å². The van der Waals surface area contributed by atoms with E-state index in [0.717, 1.165) is 22.4 Å². The normalized spacial score (nSPS) is 20.4. The molecule has 0 spiro atoms. The zero-order chi connectivity index (χ0) is 26.3. The monoisotopic (exact) mass is 497 g/mol. The maximum atomic E-state index is 13.7. The van der Waals surface area contributed by atoms with E-state index in [1.165, 1.54) is 7.11 Å². The summed E-state index contributed by atoms with van der Waals surface area (Å²) in [5.74, 6) is 0.205. The summed E-state index contributed by atoms with van der Waals surface area (Å²) in [6, 6.07) is 23.6. The second-order valence-corrected chi connectivity index (χ2v) is 9.48. The van der Waals surface area contributed by atoms with Crippen molar-refractivity contribution in [3.05, 3.63) is 101 Å². The Morgan fingerprint density at radius 2 is 1.59 bits per heavy atom. The molecule has 2 atom stereocenters. The summed E-state index contributed by atoms with van der Waals surface area (Å²) in [6.07, 6.45) is 1.23. The number of hydrogen-bond acceptors (Lipinski definition) is 5. The van der Waals surface area contributed by atoms with Crippen LogP contribution in [0.3, 0.4) is 0 Å². The first-order valence-electron chi connectivity index (χ1n) is 12.2. The fourth-order valence-corrected chi connectivity index (χ4v) is 5.45. The fraction of sp³-hybridized carbons (Fsp3) is 0.267. The van der Waals surface area contributed by atoms with Crippen LogP contribution in [0.2, 0.25) is 0 Å². The molecule has 0 saturated carbocycles. The second kappa shape index (κ2) is 9.50. The third-order valence-electron chi connectivity index (χ3n) is 7.24. The van der Waals surface area contributed by atoms with Crippen LogP contribution in [0.15, 0.2) is 84.7 Å². The molecule has 3 aromatic rings. The number of ether oxygens (including phenoxy) is 2. The molecule has 2 unspecified atom stereocenters. The van der Waals surface area contributed by atoms with Gasteiger partial charge in [0.05, 0.1) is 11.4 Å². The minimum Gasteiger partial charge on any atom is -0.375 e. The van der Waals surface area contributed by atoms with Gasteiger partial charge in [-0.1, -0.05) is 60.2 Å². The van der Waals surface area contributed by atoms with Crippen LogP contribution < -0.4 is 14.7 Å². The maximum Gasteiger partial charge on any atom is 0.260 e. The summed E-state index contributed by atoms with van der Waals surface area (Å²) in [7, 11) is 4.99. The van der Waals surface area contributed by atoms with Crippen LogP contribution in [0.4, 0.5) is 17.1 Å². The van der Waals surface area contributed by atoms with Crippen LogP contribution in [0.5, 0.6) is 0 Å². The van der Waals surface area contributed by atoms with Crippen molar-refractivity contribution in [2.45, 2.75) is 25.5 Å². The Kier molecular flexibility index (Phi) is 6.35. The van der Waals surface area contributed by atoms with E-state index in [1.807, 2.05) is 105 Å². The smallest absolute Gasteiger partial charge is 0.260 e. The highest BCUT2D eigenvalue weighted by molar-refractivity contribution is 6.13. The number of methoxy groups -OCH3 is 2. The Morgan fingerprint density at radius 3 is 2.24 bits per heavy atom. The number of aryl methyl sites for hydroxylation is 2. The van der Waals surface area contributed by atoms with Gasteiger partial charge in [-0.15, -0.1) is 0 Å². The summed E-state index contributed by atoms with van der Waals surface area (Å²) >= 11 is 0. The number of anilines is 3. The molecule has 190 valence electrons. The Labute approximate surface area is 217 Å². The van der Waals surface area contributed by atoms with Crippen molar-refractivity contribution in [2.75, 3.05) is 42.6 Å². The molecule has 0 aliphatic carbocycles. The van der Waals surface area contributed by atoms with Crippen molar-refractivity contribution < 1.29 is 19.1 Å². The number of fused-ring (bicyclic) bond motifs is 3. The number of para-hydroxylation sites is 3. The van der Waals surface area contributed by atoms with Gasteiger partial charge in [-0.2, -0.15) is 0 Å². The lowest BCUT2D eigenvalue weighted by molar-refractivity contribution is -0.144. The molecule has 0 bridgehead atoms. The Balaban J connectivity index is 1.86. The summed E-state index contributed by atoms with van der Waals surface area (Å²) < 4.78 is 11.1. The van der Waals surface area contributed by atoms with Gasteiger partial charge in [-0.3, -0.25) is 19.4 Å². The van der Waals surface area contributed by atoms with Gasteiger partial charge < -0.3 is 14.4 Å². The van der Waals surface area contributed by atoms with Crippen LogP contribution >= 0.6 is 0 Å². The lowest BCUT2D eigenvalue weighted by Gasteiger charge is -2.55. The van der Waals surface area contributed by atoms with Gasteiger partial charge in [0, 0.05) is 27.0 Å². The van der Waals surface area contributed by atoms with E-state index in [2.05, 4.69) is 0 Å². The highest BCUT2D eigenvalue weighted by Crippen LogP contribution is 2.53. The summed E-state index contributed by atoms with van der Waals surface area (Å²) in [6.45, 7) is 3.94. The van der Waals surface area contributed by atoms with Crippen molar-refractivity contribution in [2.24, 2.45) is 0 Å². The van der Waals surface area contributed by atoms with Gasteiger partial charge in [0.1, 0.15) is 18.0 Å². The number of carbonyl (C=O) groups excluding carboxylic acids is 2. The van der Waals surface area contributed by atoms with E-state index >= 15 is 0 Å². The number of rotatable bonds is 6. The first-order chi connectivity index (χ1) is 17.8. The molecule has 7 nitrogen and oxygen atoms in total. The molecule has 1 fully saturated rings. The third-order valence-corrected chi connectivity index (χ3v) is 7.24. The lowest BCUT2D eigenvalue weighted by Crippen LogP contribution is -2.72. The number of nitrogens with zero attached hydrogens (tertiary/aromatic N) is 3. The Bertz CT molecular complexity index is 1380. The topological polar surface area (TPSA) is 62.3 Å². The van der Waals surface area contributed by atoms with Gasteiger partial charge >= 0.3 is 0 Å².